The zero-order chi connectivity index (χ0) is 17.3. The Kier molecular flexibility index (Phi) is 4.61. The van der Waals surface area contributed by atoms with Crippen LogP contribution in [0.15, 0.2) is 48.5 Å². The maximum atomic E-state index is 11.6. The van der Waals surface area contributed by atoms with Crippen LogP contribution < -0.4 is 4.74 Å². The van der Waals surface area contributed by atoms with Gasteiger partial charge in [-0.1, -0.05) is 42.5 Å². The monoisotopic (exact) mass is 346 g/mol. The SMILES string of the molecule is COC(C)Oc1ccc2c(ccc3ccccc32)c1CP(=O)(O)O. The van der Waals surface area contributed by atoms with Crippen LogP contribution in [0.2, 0.25) is 0 Å². The first kappa shape index (κ1) is 16.9. The fraction of sp³-hybridized carbons (Fsp3) is 0.222. The zero-order valence-electron chi connectivity index (χ0n) is 13.5. The highest BCUT2D eigenvalue weighted by molar-refractivity contribution is 7.50. The van der Waals surface area contributed by atoms with Crippen LogP contribution in [-0.2, 0) is 15.5 Å². The highest BCUT2D eigenvalue weighted by atomic mass is 31.2. The molecule has 0 saturated carbocycles. The summed E-state index contributed by atoms with van der Waals surface area (Å²) in [6.07, 6.45) is -0.896. The number of rotatable bonds is 5. The Morgan fingerprint density at radius 1 is 1.00 bits per heavy atom. The predicted octanol–water partition coefficient (Wildman–Crippen LogP) is 4.04. The third-order valence-corrected chi connectivity index (χ3v) is 4.71. The molecule has 0 aliphatic carbocycles. The Labute approximate surface area is 140 Å². The molecule has 0 aliphatic heterocycles. The molecule has 2 N–H and O–H groups in total. The lowest BCUT2D eigenvalue weighted by Crippen LogP contribution is -2.14. The van der Waals surface area contributed by atoms with Crippen LogP contribution in [0.25, 0.3) is 21.5 Å². The summed E-state index contributed by atoms with van der Waals surface area (Å²) in [6.45, 7) is 1.73. The van der Waals surface area contributed by atoms with Gasteiger partial charge in [0.1, 0.15) is 5.75 Å². The molecule has 1 unspecified atom stereocenters. The summed E-state index contributed by atoms with van der Waals surface area (Å²) >= 11 is 0. The van der Waals surface area contributed by atoms with E-state index in [1.54, 1.807) is 13.0 Å². The van der Waals surface area contributed by atoms with Crippen molar-refractivity contribution in [1.29, 1.82) is 0 Å². The molecule has 3 rings (SSSR count). The van der Waals surface area contributed by atoms with Gasteiger partial charge in [0.2, 0.25) is 0 Å². The third kappa shape index (κ3) is 3.45. The molecule has 0 bridgehead atoms. The van der Waals surface area contributed by atoms with Gasteiger partial charge in [-0.2, -0.15) is 0 Å². The summed E-state index contributed by atoms with van der Waals surface area (Å²) in [5.41, 5.74) is 0.496. The first-order chi connectivity index (χ1) is 11.4. The van der Waals surface area contributed by atoms with E-state index in [9.17, 15) is 14.4 Å². The Morgan fingerprint density at radius 2 is 1.71 bits per heavy atom. The molecule has 0 aromatic heterocycles. The lowest BCUT2D eigenvalue weighted by Gasteiger charge is -2.19. The van der Waals surface area contributed by atoms with Crippen LogP contribution in [0.1, 0.15) is 12.5 Å². The summed E-state index contributed by atoms with van der Waals surface area (Å²) in [4.78, 5) is 19.0. The molecule has 0 saturated heterocycles. The Bertz CT molecular complexity index is 931. The molecule has 1 atom stereocenters. The van der Waals surface area contributed by atoms with Crippen molar-refractivity contribution in [2.75, 3.05) is 7.11 Å². The quantitative estimate of drug-likeness (QED) is 0.414. The Hall–Kier alpha value is -1.91. The average molecular weight is 346 g/mol. The van der Waals surface area contributed by atoms with Gasteiger partial charge < -0.3 is 19.3 Å². The van der Waals surface area contributed by atoms with Gasteiger partial charge in [-0.15, -0.1) is 0 Å². The van der Waals surface area contributed by atoms with E-state index in [-0.39, 0.29) is 6.16 Å². The van der Waals surface area contributed by atoms with E-state index in [2.05, 4.69) is 0 Å². The first-order valence-electron chi connectivity index (χ1n) is 7.56. The second-order valence-corrected chi connectivity index (χ2v) is 7.31. The van der Waals surface area contributed by atoms with E-state index in [1.165, 1.54) is 7.11 Å². The van der Waals surface area contributed by atoms with Crippen molar-refractivity contribution in [3.63, 3.8) is 0 Å². The van der Waals surface area contributed by atoms with Crippen molar-refractivity contribution in [1.82, 2.24) is 0 Å². The van der Waals surface area contributed by atoms with Gasteiger partial charge in [0, 0.05) is 12.7 Å². The van der Waals surface area contributed by atoms with Gasteiger partial charge in [0.15, 0.2) is 6.29 Å². The highest BCUT2D eigenvalue weighted by Gasteiger charge is 2.21. The number of ether oxygens (including phenoxy) is 2. The minimum Gasteiger partial charge on any atom is -0.465 e. The number of benzene rings is 3. The Morgan fingerprint density at radius 3 is 2.42 bits per heavy atom. The van der Waals surface area contributed by atoms with E-state index in [4.69, 9.17) is 9.47 Å². The molecule has 0 fully saturated rings. The maximum Gasteiger partial charge on any atom is 0.330 e. The van der Waals surface area contributed by atoms with Crippen LogP contribution in [-0.4, -0.2) is 23.2 Å². The molecule has 0 aliphatic rings. The molecule has 0 amide bonds. The van der Waals surface area contributed by atoms with Gasteiger partial charge in [-0.3, -0.25) is 4.57 Å². The average Bonchev–Trinajstić information content (AvgIpc) is 2.55. The molecular formula is C18H19O5P. The normalized spacial score (nSPS) is 13.3. The van der Waals surface area contributed by atoms with E-state index in [0.717, 1.165) is 21.5 Å². The highest BCUT2D eigenvalue weighted by Crippen LogP contribution is 2.45. The van der Waals surface area contributed by atoms with Crippen molar-refractivity contribution < 1.29 is 23.8 Å². The molecule has 3 aromatic rings. The largest absolute Gasteiger partial charge is 0.465 e. The summed E-state index contributed by atoms with van der Waals surface area (Å²) < 4.78 is 22.4. The fourth-order valence-electron chi connectivity index (χ4n) is 2.84. The molecule has 6 heteroatoms. The van der Waals surface area contributed by atoms with Gasteiger partial charge in [0.25, 0.3) is 0 Å². The molecule has 126 valence electrons. The van der Waals surface area contributed by atoms with Gasteiger partial charge in [0.05, 0.1) is 6.16 Å². The van der Waals surface area contributed by atoms with E-state index in [1.807, 2.05) is 42.5 Å². The summed E-state index contributed by atoms with van der Waals surface area (Å²) in [6, 6.07) is 15.4. The summed E-state index contributed by atoms with van der Waals surface area (Å²) in [5, 5.41) is 3.83. The topological polar surface area (TPSA) is 76.0 Å². The number of hydrogen-bond donors (Lipinski definition) is 2. The second kappa shape index (κ2) is 6.54. The van der Waals surface area contributed by atoms with E-state index >= 15 is 0 Å². The molecule has 5 nitrogen and oxygen atoms in total. The van der Waals surface area contributed by atoms with Gasteiger partial charge in [-0.05, 0) is 34.5 Å². The van der Waals surface area contributed by atoms with Crippen LogP contribution >= 0.6 is 7.60 Å². The minimum atomic E-state index is -4.25. The third-order valence-electron chi connectivity index (χ3n) is 3.98. The summed E-state index contributed by atoms with van der Waals surface area (Å²) in [5.74, 6) is 0.426. The number of fused-ring (bicyclic) bond motifs is 3. The lowest BCUT2D eigenvalue weighted by molar-refractivity contribution is -0.0386. The second-order valence-electron chi connectivity index (χ2n) is 5.67. The fourth-order valence-corrected chi connectivity index (χ4v) is 3.58. The van der Waals surface area contributed by atoms with Crippen molar-refractivity contribution in [3.05, 3.63) is 54.1 Å². The van der Waals surface area contributed by atoms with Crippen molar-refractivity contribution in [3.8, 4) is 5.75 Å². The first-order valence-corrected chi connectivity index (χ1v) is 9.36. The van der Waals surface area contributed by atoms with Crippen molar-refractivity contribution >= 4 is 29.1 Å². The Balaban J connectivity index is 2.27. The molecule has 0 radical (unpaired) electrons. The number of methoxy groups -OCH3 is 1. The minimum absolute atomic E-state index is 0.381. The van der Waals surface area contributed by atoms with Crippen LogP contribution in [0.3, 0.4) is 0 Å². The van der Waals surface area contributed by atoms with Crippen molar-refractivity contribution in [2.24, 2.45) is 0 Å². The maximum absolute atomic E-state index is 11.6. The molecule has 24 heavy (non-hydrogen) atoms. The van der Waals surface area contributed by atoms with Crippen LogP contribution in [0.5, 0.6) is 5.75 Å². The lowest BCUT2D eigenvalue weighted by atomic mass is 9.98. The van der Waals surface area contributed by atoms with Crippen LogP contribution in [0, 0.1) is 0 Å². The van der Waals surface area contributed by atoms with Crippen molar-refractivity contribution in [2.45, 2.75) is 19.4 Å². The van der Waals surface area contributed by atoms with E-state index < -0.39 is 13.9 Å². The van der Waals surface area contributed by atoms with Gasteiger partial charge >= 0.3 is 7.60 Å². The zero-order valence-corrected chi connectivity index (χ0v) is 14.4. The van der Waals surface area contributed by atoms with Gasteiger partial charge in [-0.25, -0.2) is 0 Å². The molecular weight excluding hydrogens is 327 g/mol. The molecule has 3 aromatic carbocycles. The molecule has 0 heterocycles. The standard InChI is InChI=1S/C18H19O5P/c1-12(22-2)23-18-10-9-15-14-6-4-3-5-13(14)7-8-16(15)17(18)11-24(19,20)21/h3-10,12H,11H2,1-2H3,(H2,19,20,21). The molecule has 0 spiro atoms. The summed E-state index contributed by atoms with van der Waals surface area (Å²) in [7, 11) is -2.74. The predicted molar refractivity (Wildman–Crippen MR) is 94.3 cm³/mol. The number of hydrogen-bond acceptors (Lipinski definition) is 3. The van der Waals surface area contributed by atoms with E-state index in [0.29, 0.717) is 11.3 Å². The smallest absolute Gasteiger partial charge is 0.330 e. The van der Waals surface area contributed by atoms with Crippen LogP contribution in [0.4, 0.5) is 0 Å².